The van der Waals surface area contributed by atoms with Gasteiger partial charge in [0.25, 0.3) is 11.5 Å². The van der Waals surface area contributed by atoms with E-state index in [1.54, 1.807) is 0 Å². The van der Waals surface area contributed by atoms with Gasteiger partial charge in [0.2, 0.25) is 0 Å². The van der Waals surface area contributed by atoms with E-state index < -0.39 is 94.7 Å². The van der Waals surface area contributed by atoms with E-state index in [9.17, 15) is 58.8 Å². The highest BCUT2D eigenvalue weighted by Gasteiger charge is 2.51. The predicted octanol–water partition coefficient (Wildman–Crippen LogP) is -5.01. The van der Waals surface area contributed by atoms with Gasteiger partial charge in [-0.2, -0.15) is 4.31 Å². The zero-order chi connectivity index (χ0) is 32.8. The molecule has 0 spiro atoms. The molecule has 252 valence electrons. The lowest BCUT2D eigenvalue weighted by Crippen LogP contribution is -2.62. The fraction of sp³-hybridized carbons (Fsp3) is 0.750. The van der Waals surface area contributed by atoms with Crippen LogP contribution in [-0.2, 0) is 46.2 Å². The molecule has 44 heavy (non-hydrogen) atoms. The quantitative estimate of drug-likeness (QED) is 0.0618. The molecule has 3 heterocycles. The maximum Gasteiger partial charge on any atom is 0.483 e. The standard InChI is InChI=1S/C20H33N3O19P2/c1-36-6-7-37-5-3-21-17(30)16-13(27)12(26)15(29)19(40-16)41-44(34,35)42-43(32,33)38-8-9-11(25)14(28)18(39-9)23-4-2-10(24)22-20(23)31/h2,4,9,11-16,18-19,25-29H,3,5-8H2,1H3,(H,21,30)(H,32,33)(H,34,35)(H,22,24,31)/t9-,11+,12+,13-,14?,15?,16?,18-,19+/m1/s1. The number of methoxy groups -OCH3 is 1. The van der Waals surface area contributed by atoms with Gasteiger partial charge in [-0.3, -0.25) is 28.2 Å². The highest BCUT2D eigenvalue weighted by Crippen LogP contribution is 2.61. The van der Waals surface area contributed by atoms with Gasteiger partial charge in [-0.25, -0.2) is 13.9 Å². The zero-order valence-corrected chi connectivity index (χ0v) is 24.5. The zero-order valence-electron chi connectivity index (χ0n) is 22.8. The van der Waals surface area contributed by atoms with Crippen LogP contribution in [0.2, 0.25) is 0 Å². The van der Waals surface area contributed by atoms with Crippen molar-refractivity contribution in [2.75, 3.05) is 40.1 Å². The number of H-pyrrole nitrogens is 1. The molecule has 0 aliphatic carbocycles. The minimum Gasteiger partial charge on any atom is -0.387 e. The predicted molar refractivity (Wildman–Crippen MR) is 137 cm³/mol. The summed E-state index contributed by atoms with van der Waals surface area (Å²) in [5.41, 5.74) is -1.77. The molecular formula is C20H33N3O19P2. The minimum atomic E-state index is -5.73. The molecule has 5 unspecified atom stereocenters. The van der Waals surface area contributed by atoms with Gasteiger partial charge < -0.3 is 59.6 Å². The van der Waals surface area contributed by atoms with E-state index in [0.29, 0.717) is 4.57 Å². The molecule has 9 N–H and O–H groups in total. The Bertz CT molecular complexity index is 1330. The van der Waals surface area contributed by atoms with Crippen LogP contribution in [0.5, 0.6) is 0 Å². The second-order valence-electron chi connectivity index (χ2n) is 9.28. The second kappa shape index (κ2) is 15.6. The van der Waals surface area contributed by atoms with E-state index in [1.165, 1.54) is 7.11 Å². The Morgan fingerprint density at radius 1 is 0.977 bits per heavy atom. The first-order valence-electron chi connectivity index (χ1n) is 12.6. The number of phosphoric ester groups is 2. The highest BCUT2D eigenvalue weighted by atomic mass is 31.3. The maximum atomic E-state index is 12.5. The molecule has 2 aliphatic heterocycles. The van der Waals surface area contributed by atoms with Crippen LogP contribution in [0, 0.1) is 0 Å². The Balaban J connectivity index is 1.57. The lowest BCUT2D eigenvalue weighted by atomic mass is 9.98. The first kappa shape index (κ1) is 36.5. The number of nitrogens with zero attached hydrogens (tertiary/aromatic N) is 1. The van der Waals surface area contributed by atoms with Crippen molar-refractivity contribution < 1.29 is 81.5 Å². The number of amides is 1. The van der Waals surface area contributed by atoms with Gasteiger partial charge in [0.05, 0.1) is 26.4 Å². The van der Waals surface area contributed by atoms with Crippen molar-refractivity contribution in [3.05, 3.63) is 33.1 Å². The summed E-state index contributed by atoms with van der Waals surface area (Å²) in [6.45, 7) is -0.634. The summed E-state index contributed by atoms with van der Waals surface area (Å²) in [5.74, 6) is -1.04. The van der Waals surface area contributed by atoms with E-state index in [2.05, 4.69) is 18.7 Å². The number of aliphatic hydroxyl groups is 5. The summed E-state index contributed by atoms with van der Waals surface area (Å²) in [7, 11) is -9.85. The van der Waals surface area contributed by atoms with E-state index in [4.69, 9.17) is 18.9 Å². The van der Waals surface area contributed by atoms with Crippen LogP contribution >= 0.6 is 15.6 Å². The molecule has 2 saturated heterocycles. The first-order valence-corrected chi connectivity index (χ1v) is 15.6. The molecule has 2 aliphatic rings. The number of carbonyl (C=O) groups excluding carboxylic acids is 1. The molecule has 1 amide bonds. The Hall–Kier alpha value is -1.95. The van der Waals surface area contributed by atoms with Gasteiger partial charge in [-0.15, -0.1) is 0 Å². The number of nitrogens with one attached hydrogen (secondary N) is 2. The van der Waals surface area contributed by atoms with Crippen molar-refractivity contribution in [1.82, 2.24) is 14.9 Å². The van der Waals surface area contributed by atoms with Gasteiger partial charge in [-0.1, -0.05) is 0 Å². The molecule has 0 aromatic carbocycles. The van der Waals surface area contributed by atoms with Gasteiger partial charge in [0.15, 0.2) is 18.6 Å². The Morgan fingerprint density at radius 2 is 1.68 bits per heavy atom. The third kappa shape index (κ3) is 9.53. The van der Waals surface area contributed by atoms with Crippen LogP contribution in [0.25, 0.3) is 0 Å². The average Bonchev–Trinajstić information content (AvgIpc) is 3.22. The lowest BCUT2D eigenvalue weighted by molar-refractivity contribution is -0.270. The van der Waals surface area contributed by atoms with Crippen LogP contribution in [0.4, 0.5) is 0 Å². The number of carbonyl (C=O) groups is 1. The van der Waals surface area contributed by atoms with Crippen molar-refractivity contribution in [2.45, 2.75) is 55.2 Å². The number of hydrogen-bond donors (Lipinski definition) is 9. The summed E-state index contributed by atoms with van der Waals surface area (Å²) in [4.78, 5) is 57.5. The molecule has 24 heteroatoms. The number of aromatic nitrogens is 2. The van der Waals surface area contributed by atoms with E-state index in [0.717, 1.165) is 12.3 Å². The first-order chi connectivity index (χ1) is 20.6. The largest absolute Gasteiger partial charge is 0.483 e. The number of rotatable bonds is 15. The third-order valence-electron chi connectivity index (χ3n) is 6.11. The van der Waals surface area contributed by atoms with Crippen molar-refractivity contribution in [3.8, 4) is 0 Å². The number of aromatic amines is 1. The van der Waals surface area contributed by atoms with Crippen LogP contribution in [0.1, 0.15) is 6.23 Å². The summed E-state index contributed by atoms with van der Waals surface area (Å²) in [5, 5.41) is 53.1. The topological polar surface area (TPSA) is 324 Å². The van der Waals surface area contributed by atoms with Gasteiger partial charge in [0, 0.05) is 25.9 Å². The number of phosphoric acid groups is 2. The van der Waals surface area contributed by atoms with Gasteiger partial charge >= 0.3 is 21.3 Å². The summed E-state index contributed by atoms with van der Waals surface area (Å²) in [6, 6.07) is 0.921. The van der Waals surface area contributed by atoms with E-state index in [-0.39, 0.29) is 26.4 Å². The molecule has 2 fully saturated rings. The minimum absolute atomic E-state index is 0.0165. The molecule has 3 rings (SSSR count). The molecule has 22 nitrogen and oxygen atoms in total. The van der Waals surface area contributed by atoms with Gasteiger partial charge in [-0.05, 0) is 0 Å². The van der Waals surface area contributed by atoms with Crippen molar-refractivity contribution in [1.29, 1.82) is 0 Å². The van der Waals surface area contributed by atoms with E-state index >= 15 is 0 Å². The number of hydrogen-bond acceptors (Lipinski definition) is 17. The lowest BCUT2D eigenvalue weighted by Gasteiger charge is -2.39. The third-order valence-corrected chi connectivity index (χ3v) is 8.71. The molecular weight excluding hydrogens is 648 g/mol. The fourth-order valence-electron chi connectivity index (χ4n) is 3.94. The summed E-state index contributed by atoms with van der Waals surface area (Å²) < 4.78 is 59.0. The smallest absolute Gasteiger partial charge is 0.387 e. The maximum absolute atomic E-state index is 12.5. The number of ether oxygens (including phenoxy) is 4. The molecule has 1 aromatic rings. The number of aliphatic hydroxyl groups excluding tert-OH is 5. The normalized spacial score (nSPS) is 33.4. The molecule has 0 saturated carbocycles. The summed E-state index contributed by atoms with van der Waals surface area (Å²) >= 11 is 0. The molecule has 0 radical (unpaired) electrons. The Kier molecular flexibility index (Phi) is 12.9. The second-order valence-corrected chi connectivity index (χ2v) is 12.3. The Labute approximate surface area is 246 Å². The molecule has 11 atom stereocenters. The Morgan fingerprint density at radius 3 is 2.34 bits per heavy atom. The van der Waals surface area contributed by atoms with Crippen LogP contribution in [0.15, 0.2) is 21.9 Å². The molecule has 0 bridgehead atoms. The van der Waals surface area contributed by atoms with Crippen molar-refractivity contribution in [2.24, 2.45) is 0 Å². The summed E-state index contributed by atoms with van der Waals surface area (Å²) in [6.07, 6.45) is -16.6. The van der Waals surface area contributed by atoms with Gasteiger partial charge in [0.1, 0.15) is 36.6 Å². The molecule has 1 aromatic heterocycles. The van der Waals surface area contributed by atoms with Crippen LogP contribution in [-0.4, -0.2) is 140 Å². The monoisotopic (exact) mass is 681 g/mol. The highest BCUT2D eigenvalue weighted by molar-refractivity contribution is 7.61. The van der Waals surface area contributed by atoms with Crippen LogP contribution < -0.4 is 16.6 Å². The SMILES string of the molecule is COCCOCCNC(=O)C1O[C@@H](OP(=O)(O)OP(=O)(O)OC[C@H]2O[C@@H](n3ccc(=O)[nH]c3=O)C(O)[C@H]2O)C(O)[C@@H](O)[C@H]1O. The van der Waals surface area contributed by atoms with Crippen LogP contribution in [0.3, 0.4) is 0 Å². The average molecular weight is 681 g/mol. The fourth-order valence-corrected chi connectivity index (χ4v) is 6.10. The van der Waals surface area contributed by atoms with Crippen molar-refractivity contribution in [3.63, 3.8) is 0 Å². The van der Waals surface area contributed by atoms with Crippen molar-refractivity contribution >= 4 is 21.6 Å². The van der Waals surface area contributed by atoms with E-state index in [1.807, 2.05) is 4.98 Å².